The second kappa shape index (κ2) is 7.26. The average molecular weight is 318 g/mol. The zero-order chi connectivity index (χ0) is 16.9. The number of nitrogens with zero attached hydrogens (tertiary/aromatic N) is 1. The summed E-state index contributed by atoms with van der Waals surface area (Å²) in [7, 11) is 0. The van der Waals surface area contributed by atoms with Crippen LogP contribution in [-0.2, 0) is 6.42 Å². The third-order valence-corrected chi connectivity index (χ3v) is 4.22. The molecular formula is C21H22N2O. The number of benzene rings is 2. The number of aromatic nitrogens is 1. The van der Waals surface area contributed by atoms with Crippen LogP contribution in [0, 0.1) is 0 Å². The van der Waals surface area contributed by atoms with Crippen molar-refractivity contribution in [2.24, 2.45) is 0 Å². The van der Waals surface area contributed by atoms with Crippen LogP contribution in [0.3, 0.4) is 0 Å². The molecule has 0 saturated heterocycles. The van der Waals surface area contributed by atoms with Crippen molar-refractivity contribution in [2.45, 2.75) is 26.2 Å². The summed E-state index contributed by atoms with van der Waals surface area (Å²) in [6.45, 7) is 4.99. The van der Waals surface area contributed by atoms with E-state index in [9.17, 15) is 4.79 Å². The normalized spacial score (nSPS) is 11.0. The number of hydrogen-bond donors (Lipinski definition) is 1. The van der Waals surface area contributed by atoms with Crippen LogP contribution in [0.15, 0.2) is 60.8 Å². The summed E-state index contributed by atoms with van der Waals surface area (Å²) in [4.78, 5) is 16.8. The van der Waals surface area contributed by atoms with Gasteiger partial charge in [-0.2, -0.15) is 0 Å². The molecule has 0 aliphatic heterocycles. The number of fused-ring (bicyclic) bond motifs is 1. The summed E-state index contributed by atoms with van der Waals surface area (Å²) in [6, 6.07) is 18.1. The number of pyridine rings is 1. The van der Waals surface area contributed by atoms with E-state index in [-0.39, 0.29) is 5.91 Å². The molecule has 122 valence electrons. The molecule has 3 nitrogen and oxygen atoms in total. The van der Waals surface area contributed by atoms with Crippen LogP contribution in [0.4, 0.5) is 0 Å². The highest BCUT2D eigenvalue weighted by Gasteiger charge is 2.10. The fraction of sp³-hybridized carbons (Fsp3) is 0.238. The second-order valence-electron chi connectivity index (χ2n) is 6.28. The standard InChI is InChI=1S/C21H22N2O/c1-15(2)17-10-8-16(9-11-17)12-14-23-21(24)19-7-3-5-18-6-4-13-22-20(18)19/h3-11,13,15H,12,14H2,1-2H3,(H,23,24). The summed E-state index contributed by atoms with van der Waals surface area (Å²) < 4.78 is 0. The molecule has 0 bridgehead atoms. The fourth-order valence-corrected chi connectivity index (χ4v) is 2.77. The minimum absolute atomic E-state index is 0.0712. The van der Waals surface area contributed by atoms with Gasteiger partial charge in [0.15, 0.2) is 0 Å². The molecule has 1 amide bonds. The van der Waals surface area contributed by atoms with E-state index in [4.69, 9.17) is 0 Å². The van der Waals surface area contributed by atoms with Gasteiger partial charge in [0.2, 0.25) is 0 Å². The van der Waals surface area contributed by atoms with Crippen molar-refractivity contribution in [3.63, 3.8) is 0 Å². The predicted molar refractivity (Wildman–Crippen MR) is 98.3 cm³/mol. The first kappa shape index (κ1) is 16.2. The fourth-order valence-electron chi connectivity index (χ4n) is 2.77. The third kappa shape index (κ3) is 3.62. The van der Waals surface area contributed by atoms with Crippen molar-refractivity contribution in [3.8, 4) is 0 Å². The average Bonchev–Trinajstić information content (AvgIpc) is 2.61. The molecule has 0 radical (unpaired) electrons. The Kier molecular flexibility index (Phi) is 4.90. The van der Waals surface area contributed by atoms with E-state index >= 15 is 0 Å². The van der Waals surface area contributed by atoms with E-state index in [2.05, 4.69) is 48.4 Å². The highest BCUT2D eigenvalue weighted by atomic mass is 16.1. The van der Waals surface area contributed by atoms with E-state index in [0.717, 1.165) is 17.3 Å². The molecule has 0 atom stereocenters. The van der Waals surface area contributed by atoms with E-state index < -0.39 is 0 Å². The van der Waals surface area contributed by atoms with Gasteiger partial charge in [0.1, 0.15) is 0 Å². The summed E-state index contributed by atoms with van der Waals surface area (Å²) in [6.07, 6.45) is 2.54. The zero-order valence-electron chi connectivity index (χ0n) is 14.1. The Morgan fingerprint density at radius 2 is 1.79 bits per heavy atom. The van der Waals surface area contributed by atoms with E-state index in [1.165, 1.54) is 11.1 Å². The zero-order valence-corrected chi connectivity index (χ0v) is 14.1. The van der Waals surface area contributed by atoms with Gasteiger partial charge >= 0.3 is 0 Å². The number of nitrogens with one attached hydrogen (secondary N) is 1. The maximum absolute atomic E-state index is 12.4. The molecule has 1 N–H and O–H groups in total. The van der Waals surface area contributed by atoms with Crippen LogP contribution >= 0.6 is 0 Å². The molecule has 0 saturated carbocycles. The number of carbonyl (C=O) groups is 1. The first-order valence-corrected chi connectivity index (χ1v) is 8.36. The molecule has 3 aromatic rings. The Bertz CT molecular complexity index is 833. The Labute approximate surface area is 142 Å². The number of para-hydroxylation sites is 1. The van der Waals surface area contributed by atoms with Gasteiger partial charge in [0.05, 0.1) is 11.1 Å². The van der Waals surface area contributed by atoms with Crippen LogP contribution in [0.2, 0.25) is 0 Å². The van der Waals surface area contributed by atoms with Crippen molar-refractivity contribution in [1.29, 1.82) is 0 Å². The number of amides is 1. The van der Waals surface area contributed by atoms with Gasteiger partial charge in [-0.3, -0.25) is 9.78 Å². The maximum Gasteiger partial charge on any atom is 0.253 e. The third-order valence-electron chi connectivity index (χ3n) is 4.22. The van der Waals surface area contributed by atoms with Gasteiger partial charge in [-0.05, 0) is 35.6 Å². The van der Waals surface area contributed by atoms with Crippen molar-refractivity contribution in [1.82, 2.24) is 10.3 Å². The van der Waals surface area contributed by atoms with Crippen LogP contribution in [0.5, 0.6) is 0 Å². The minimum atomic E-state index is -0.0712. The van der Waals surface area contributed by atoms with Gasteiger partial charge in [-0.1, -0.05) is 56.3 Å². The van der Waals surface area contributed by atoms with Crippen LogP contribution < -0.4 is 5.32 Å². The first-order valence-electron chi connectivity index (χ1n) is 8.36. The Hall–Kier alpha value is -2.68. The van der Waals surface area contributed by atoms with Gasteiger partial charge < -0.3 is 5.32 Å². The summed E-state index contributed by atoms with van der Waals surface area (Å²) in [5.74, 6) is 0.468. The molecule has 0 fully saturated rings. The summed E-state index contributed by atoms with van der Waals surface area (Å²) in [5, 5.41) is 3.98. The number of hydrogen-bond acceptors (Lipinski definition) is 2. The second-order valence-corrected chi connectivity index (χ2v) is 6.28. The van der Waals surface area contributed by atoms with Crippen molar-refractivity contribution >= 4 is 16.8 Å². The van der Waals surface area contributed by atoms with Crippen LogP contribution in [0.1, 0.15) is 41.3 Å². The smallest absolute Gasteiger partial charge is 0.253 e. The first-order chi connectivity index (χ1) is 11.6. The monoisotopic (exact) mass is 318 g/mol. The van der Waals surface area contributed by atoms with Gasteiger partial charge in [0, 0.05) is 18.1 Å². The van der Waals surface area contributed by atoms with Crippen LogP contribution in [0.25, 0.3) is 10.9 Å². The maximum atomic E-state index is 12.4. The molecular weight excluding hydrogens is 296 g/mol. The topological polar surface area (TPSA) is 42.0 Å². The van der Waals surface area contributed by atoms with Crippen molar-refractivity contribution < 1.29 is 4.79 Å². The van der Waals surface area contributed by atoms with E-state index in [1.807, 2.05) is 30.3 Å². The lowest BCUT2D eigenvalue weighted by Crippen LogP contribution is -2.26. The molecule has 3 rings (SSSR count). The van der Waals surface area contributed by atoms with Gasteiger partial charge in [-0.25, -0.2) is 0 Å². The summed E-state index contributed by atoms with van der Waals surface area (Å²) >= 11 is 0. The van der Waals surface area contributed by atoms with Crippen LogP contribution in [-0.4, -0.2) is 17.4 Å². The summed E-state index contributed by atoms with van der Waals surface area (Å²) in [5.41, 5.74) is 3.95. The SMILES string of the molecule is CC(C)c1ccc(CCNC(=O)c2cccc3cccnc23)cc1. The highest BCUT2D eigenvalue weighted by Crippen LogP contribution is 2.16. The molecule has 0 spiro atoms. The molecule has 3 heteroatoms. The van der Waals surface area contributed by atoms with E-state index in [1.54, 1.807) is 6.20 Å². The predicted octanol–water partition coefficient (Wildman–Crippen LogP) is 4.33. The molecule has 0 unspecified atom stereocenters. The van der Waals surface area contributed by atoms with E-state index in [0.29, 0.717) is 18.0 Å². The Morgan fingerprint density at radius 1 is 1.04 bits per heavy atom. The molecule has 24 heavy (non-hydrogen) atoms. The molecule has 2 aromatic carbocycles. The van der Waals surface area contributed by atoms with Crippen molar-refractivity contribution in [2.75, 3.05) is 6.54 Å². The Morgan fingerprint density at radius 3 is 2.54 bits per heavy atom. The molecule has 1 aromatic heterocycles. The molecule has 1 heterocycles. The number of carbonyl (C=O) groups excluding carboxylic acids is 1. The minimum Gasteiger partial charge on any atom is -0.352 e. The lowest BCUT2D eigenvalue weighted by atomic mass is 10.0. The quantitative estimate of drug-likeness (QED) is 0.761. The van der Waals surface area contributed by atoms with Crippen molar-refractivity contribution in [3.05, 3.63) is 77.5 Å². The highest BCUT2D eigenvalue weighted by molar-refractivity contribution is 6.05. The Balaban J connectivity index is 1.63. The lowest BCUT2D eigenvalue weighted by Gasteiger charge is -2.09. The van der Waals surface area contributed by atoms with Gasteiger partial charge in [0.25, 0.3) is 5.91 Å². The number of rotatable bonds is 5. The van der Waals surface area contributed by atoms with Gasteiger partial charge in [-0.15, -0.1) is 0 Å². The molecule has 0 aliphatic rings. The lowest BCUT2D eigenvalue weighted by molar-refractivity contribution is 0.0955. The molecule has 0 aliphatic carbocycles. The largest absolute Gasteiger partial charge is 0.352 e.